The quantitative estimate of drug-likeness (QED) is 0.770. The van der Waals surface area contributed by atoms with Crippen LogP contribution >= 0.6 is 0 Å². The molecule has 0 bridgehead atoms. The number of anilines is 1. The average Bonchev–Trinajstić information content (AvgIpc) is 2.95. The number of nitrogens with one attached hydrogen (secondary N) is 1. The summed E-state index contributed by atoms with van der Waals surface area (Å²) in [5.74, 6) is 0.921. The molecule has 0 aliphatic carbocycles. The third kappa shape index (κ3) is 4.01. The Labute approximate surface area is 177 Å². The first-order valence-electron chi connectivity index (χ1n) is 10.6. The lowest BCUT2D eigenvalue weighted by Crippen LogP contribution is -2.40. The minimum Gasteiger partial charge on any atom is -0.444 e. The van der Waals surface area contributed by atoms with Crippen molar-refractivity contribution >= 4 is 17.8 Å². The highest BCUT2D eigenvalue weighted by atomic mass is 16.6. The van der Waals surface area contributed by atoms with E-state index >= 15 is 0 Å². The van der Waals surface area contributed by atoms with E-state index in [0.29, 0.717) is 31.7 Å². The largest absolute Gasteiger partial charge is 0.444 e. The number of benzene rings is 1. The van der Waals surface area contributed by atoms with E-state index in [9.17, 15) is 9.59 Å². The van der Waals surface area contributed by atoms with Crippen LogP contribution in [0.4, 0.5) is 10.6 Å². The van der Waals surface area contributed by atoms with Gasteiger partial charge in [0.2, 0.25) is 0 Å². The van der Waals surface area contributed by atoms with Crippen LogP contribution in [0, 0.1) is 0 Å². The third-order valence-corrected chi connectivity index (χ3v) is 5.53. The van der Waals surface area contributed by atoms with E-state index in [0.717, 1.165) is 17.9 Å². The molecule has 2 aromatic rings. The summed E-state index contributed by atoms with van der Waals surface area (Å²) in [6.45, 7) is 9.90. The second kappa shape index (κ2) is 7.70. The number of carbonyl (C=O) groups excluding carboxylic acids is 2. The van der Waals surface area contributed by atoms with E-state index < -0.39 is 5.60 Å². The number of amides is 2. The molecular weight excluding hydrogens is 380 g/mol. The SMILES string of the molecule is CC1Nc2cc(C(=O)N3CCCN(C(=O)OC(C)(C)C)CC3)cn2-c2ccccc21. The van der Waals surface area contributed by atoms with Crippen molar-refractivity contribution < 1.29 is 14.3 Å². The number of fused-ring (bicyclic) bond motifs is 3. The Bertz CT molecular complexity index is 960. The Kier molecular flexibility index (Phi) is 5.22. The molecule has 1 atom stereocenters. The van der Waals surface area contributed by atoms with Gasteiger partial charge in [-0.15, -0.1) is 0 Å². The van der Waals surface area contributed by atoms with Crippen LogP contribution in [0.1, 0.15) is 56.1 Å². The fourth-order valence-corrected chi connectivity index (χ4v) is 4.08. The van der Waals surface area contributed by atoms with E-state index in [1.165, 1.54) is 5.56 Å². The lowest BCUT2D eigenvalue weighted by atomic mass is 10.0. The van der Waals surface area contributed by atoms with Crippen molar-refractivity contribution in [2.75, 3.05) is 31.5 Å². The number of aromatic nitrogens is 1. The molecule has 0 saturated carbocycles. The molecular formula is C23H30N4O3. The summed E-state index contributed by atoms with van der Waals surface area (Å²) in [7, 11) is 0. The lowest BCUT2D eigenvalue weighted by molar-refractivity contribution is 0.0255. The summed E-state index contributed by atoms with van der Waals surface area (Å²) in [4.78, 5) is 29.1. The van der Waals surface area contributed by atoms with Gasteiger partial charge in [0, 0.05) is 32.4 Å². The number of nitrogens with zero attached hydrogens (tertiary/aromatic N) is 3. The van der Waals surface area contributed by atoms with Gasteiger partial charge in [-0.2, -0.15) is 0 Å². The maximum Gasteiger partial charge on any atom is 0.410 e. The van der Waals surface area contributed by atoms with Gasteiger partial charge in [0.15, 0.2) is 0 Å². The summed E-state index contributed by atoms with van der Waals surface area (Å²) in [5, 5.41) is 3.47. The summed E-state index contributed by atoms with van der Waals surface area (Å²) < 4.78 is 7.53. The van der Waals surface area contributed by atoms with Crippen LogP contribution in [0.15, 0.2) is 36.5 Å². The minimum absolute atomic E-state index is 0.00475. The van der Waals surface area contributed by atoms with Gasteiger partial charge in [-0.05, 0) is 51.8 Å². The Morgan fingerprint density at radius 3 is 2.53 bits per heavy atom. The number of para-hydroxylation sites is 1. The van der Waals surface area contributed by atoms with Crippen LogP contribution in [-0.2, 0) is 4.74 Å². The lowest BCUT2D eigenvalue weighted by Gasteiger charge is -2.26. The molecule has 7 heteroatoms. The van der Waals surface area contributed by atoms with E-state index in [1.807, 2.05) is 54.6 Å². The first kappa shape index (κ1) is 20.3. The van der Waals surface area contributed by atoms with Gasteiger partial charge in [-0.1, -0.05) is 18.2 Å². The van der Waals surface area contributed by atoms with Crippen LogP contribution in [0.5, 0.6) is 0 Å². The zero-order valence-corrected chi connectivity index (χ0v) is 18.1. The smallest absolute Gasteiger partial charge is 0.410 e. The molecule has 1 N–H and O–H groups in total. The minimum atomic E-state index is -0.523. The molecule has 2 aliphatic rings. The molecule has 1 fully saturated rings. The van der Waals surface area contributed by atoms with E-state index in [-0.39, 0.29) is 18.0 Å². The van der Waals surface area contributed by atoms with Crippen LogP contribution in [0.3, 0.4) is 0 Å². The molecule has 160 valence electrons. The number of rotatable bonds is 1. The van der Waals surface area contributed by atoms with E-state index in [2.05, 4.69) is 24.4 Å². The highest BCUT2D eigenvalue weighted by molar-refractivity contribution is 5.95. The van der Waals surface area contributed by atoms with Crippen LogP contribution in [0.25, 0.3) is 5.69 Å². The molecule has 0 radical (unpaired) electrons. The predicted molar refractivity (Wildman–Crippen MR) is 116 cm³/mol. The van der Waals surface area contributed by atoms with Crippen molar-refractivity contribution in [1.82, 2.24) is 14.4 Å². The van der Waals surface area contributed by atoms with Crippen LogP contribution in [0.2, 0.25) is 0 Å². The summed E-state index contributed by atoms with van der Waals surface area (Å²) in [6, 6.07) is 10.3. The highest BCUT2D eigenvalue weighted by Crippen LogP contribution is 2.34. The molecule has 7 nitrogen and oxygen atoms in total. The highest BCUT2D eigenvalue weighted by Gasteiger charge is 2.28. The van der Waals surface area contributed by atoms with Crippen molar-refractivity contribution in [1.29, 1.82) is 0 Å². The van der Waals surface area contributed by atoms with Crippen molar-refractivity contribution in [3.63, 3.8) is 0 Å². The van der Waals surface area contributed by atoms with Crippen LogP contribution < -0.4 is 5.32 Å². The third-order valence-electron chi connectivity index (χ3n) is 5.53. The number of hydrogen-bond acceptors (Lipinski definition) is 4. The summed E-state index contributed by atoms with van der Waals surface area (Å²) in [6.07, 6.45) is 2.33. The van der Waals surface area contributed by atoms with Gasteiger partial charge in [-0.25, -0.2) is 4.79 Å². The summed E-state index contributed by atoms with van der Waals surface area (Å²) in [5.41, 5.74) is 2.45. The normalized spacial score (nSPS) is 18.7. The summed E-state index contributed by atoms with van der Waals surface area (Å²) >= 11 is 0. The van der Waals surface area contributed by atoms with Crippen LogP contribution in [-0.4, -0.2) is 58.1 Å². The number of ether oxygens (including phenoxy) is 1. The van der Waals surface area contributed by atoms with Crippen molar-refractivity contribution in [3.05, 3.63) is 47.7 Å². The van der Waals surface area contributed by atoms with Gasteiger partial charge in [-0.3, -0.25) is 4.79 Å². The van der Waals surface area contributed by atoms with Gasteiger partial charge in [0.1, 0.15) is 11.4 Å². The molecule has 2 amide bonds. The average molecular weight is 411 g/mol. The number of hydrogen-bond donors (Lipinski definition) is 1. The Morgan fingerprint density at radius 2 is 1.77 bits per heavy atom. The van der Waals surface area contributed by atoms with Crippen molar-refractivity contribution in [2.24, 2.45) is 0 Å². The first-order chi connectivity index (χ1) is 14.2. The monoisotopic (exact) mass is 410 g/mol. The molecule has 1 aromatic carbocycles. The molecule has 1 saturated heterocycles. The molecule has 2 aliphatic heterocycles. The van der Waals surface area contributed by atoms with E-state index in [4.69, 9.17) is 4.74 Å². The van der Waals surface area contributed by atoms with Gasteiger partial charge < -0.3 is 24.4 Å². The van der Waals surface area contributed by atoms with Gasteiger partial charge in [0.05, 0.1) is 17.3 Å². The Hall–Kier alpha value is -2.96. The molecule has 4 rings (SSSR count). The molecule has 0 spiro atoms. The maximum atomic E-state index is 13.2. The Balaban J connectivity index is 1.48. The standard InChI is InChI=1S/C23H30N4O3/c1-16-18-8-5-6-9-19(18)27-15-17(14-20(27)24-16)21(28)25-10-7-11-26(13-12-25)22(29)30-23(2,3)4/h5-6,8-9,14-16,24H,7,10-13H2,1-4H3. The topological polar surface area (TPSA) is 66.8 Å². The van der Waals surface area contributed by atoms with Crippen molar-refractivity contribution in [3.8, 4) is 5.69 Å². The van der Waals surface area contributed by atoms with Gasteiger partial charge in [0.25, 0.3) is 5.91 Å². The molecule has 1 aromatic heterocycles. The predicted octanol–water partition coefficient (Wildman–Crippen LogP) is 4.05. The molecule has 1 unspecified atom stereocenters. The first-order valence-corrected chi connectivity index (χ1v) is 10.6. The fourth-order valence-electron chi connectivity index (χ4n) is 4.08. The second-order valence-electron chi connectivity index (χ2n) is 9.02. The molecule has 30 heavy (non-hydrogen) atoms. The molecule has 3 heterocycles. The van der Waals surface area contributed by atoms with Crippen molar-refractivity contribution in [2.45, 2.75) is 45.8 Å². The Morgan fingerprint density at radius 1 is 1.07 bits per heavy atom. The zero-order chi connectivity index (χ0) is 21.5. The fraction of sp³-hybridized carbons (Fsp3) is 0.478. The van der Waals surface area contributed by atoms with E-state index in [1.54, 1.807) is 4.90 Å². The second-order valence-corrected chi connectivity index (χ2v) is 9.02. The number of carbonyl (C=O) groups is 2. The van der Waals surface area contributed by atoms with Gasteiger partial charge >= 0.3 is 6.09 Å². The maximum absolute atomic E-state index is 13.2. The zero-order valence-electron chi connectivity index (χ0n) is 18.1.